The highest BCUT2D eigenvalue weighted by Crippen LogP contribution is 2.27. The van der Waals surface area contributed by atoms with Crippen molar-refractivity contribution in [2.45, 2.75) is 65.8 Å². The van der Waals surface area contributed by atoms with Gasteiger partial charge in [0.2, 0.25) is 11.8 Å². The average molecular weight is 348 g/mol. The van der Waals surface area contributed by atoms with Crippen LogP contribution in [0.5, 0.6) is 0 Å². The van der Waals surface area contributed by atoms with E-state index in [1.165, 1.54) is 0 Å². The van der Waals surface area contributed by atoms with Crippen LogP contribution in [0.1, 0.15) is 58.2 Å². The van der Waals surface area contributed by atoms with Crippen LogP contribution in [0.25, 0.3) is 0 Å². The van der Waals surface area contributed by atoms with Crippen LogP contribution in [0, 0.1) is 18.3 Å². The molecule has 1 atom stereocenters. The first-order chi connectivity index (χ1) is 11.8. The maximum absolute atomic E-state index is 12.9. The number of aromatic nitrogens is 2. The van der Waals surface area contributed by atoms with Gasteiger partial charge in [0.25, 0.3) is 0 Å². The molecule has 0 saturated carbocycles. The zero-order valence-corrected chi connectivity index (χ0v) is 16.1. The quantitative estimate of drug-likeness (QED) is 0.837. The number of amides is 1. The minimum atomic E-state index is 0.0875. The fourth-order valence-corrected chi connectivity index (χ4v) is 4.14. The predicted molar refractivity (Wildman–Crippen MR) is 96.1 cm³/mol. The van der Waals surface area contributed by atoms with Gasteiger partial charge in [0, 0.05) is 26.4 Å². The average Bonchev–Trinajstić information content (AvgIpc) is 2.94. The van der Waals surface area contributed by atoms with Gasteiger partial charge in [0.05, 0.1) is 6.04 Å². The first-order valence-corrected chi connectivity index (χ1v) is 9.64. The van der Waals surface area contributed by atoms with Crippen LogP contribution in [-0.4, -0.2) is 58.1 Å². The van der Waals surface area contributed by atoms with Crippen molar-refractivity contribution in [1.82, 2.24) is 19.9 Å². The molecule has 2 fully saturated rings. The molecule has 1 unspecified atom stereocenters. The summed E-state index contributed by atoms with van der Waals surface area (Å²) in [4.78, 5) is 21.7. The topological polar surface area (TPSA) is 62.5 Å². The summed E-state index contributed by atoms with van der Waals surface area (Å²) in [5.41, 5.74) is 0.160. The second kappa shape index (κ2) is 7.44. The highest BCUT2D eigenvalue weighted by molar-refractivity contribution is 5.82. The molecule has 140 valence electrons. The minimum absolute atomic E-state index is 0.0875. The number of piperidine rings is 2. The van der Waals surface area contributed by atoms with Gasteiger partial charge in [-0.3, -0.25) is 9.69 Å². The molecular weight excluding hydrogens is 316 g/mol. The molecule has 3 rings (SSSR count). The first-order valence-electron chi connectivity index (χ1n) is 9.64. The Balaban J connectivity index is 1.52. The summed E-state index contributed by atoms with van der Waals surface area (Å²) in [6, 6.07) is 0.0875. The fraction of sp³-hybridized carbons (Fsp3) is 0.842. The molecule has 2 aliphatic rings. The second-order valence-electron chi connectivity index (χ2n) is 8.89. The summed E-state index contributed by atoms with van der Waals surface area (Å²) in [5.74, 6) is 2.39. The molecule has 0 N–H and O–H groups in total. The molecule has 1 aromatic heterocycles. The maximum atomic E-state index is 12.9. The Kier molecular flexibility index (Phi) is 5.46. The van der Waals surface area contributed by atoms with Crippen LogP contribution in [0.2, 0.25) is 0 Å². The lowest BCUT2D eigenvalue weighted by Gasteiger charge is -2.43. The molecule has 0 aliphatic carbocycles. The largest absolute Gasteiger partial charge is 0.341 e. The Bertz CT molecular complexity index is 584. The van der Waals surface area contributed by atoms with E-state index in [0.29, 0.717) is 17.7 Å². The maximum Gasteiger partial charge on any atom is 0.239 e. The van der Waals surface area contributed by atoms with Crippen molar-refractivity contribution in [1.29, 1.82) is 0 Å². The monoisotopic (exact) mass is 348 g/mol. The SMILES string of the molecule is Cc1nc(CC2CCN(C3CCCN(CC(C)(C)C)C3=O)CC2)no1. The molecule has 0 radical (unpaired) electrons. The van der Waals surface area contributed by atoms with E-state index >= 15 is 0 Å². The molecular formula is C19H32N4O2. The number of hydrogen-bond acceptors (Lipinski definition) is 5. The number of carbonyl (C=O) groups is 1. The molecule has 0 bridgehead atoms. The van der Waals surface area contributed by atoms with Gasteiger partial charge in [-0.25, -0.2) is 0 Å². The lowest BCUT2D eigenvalue weighted by atomic mass is 9.90. The van der Waals surface area contributed by atoms with E-state index in [1.54, 1.807) is 0 Å². The lowest BCUT2D eigenvalue weighted by molar-refractivity contribution is -0.142. The van der Waals surface area contributed by atoms with Gasteiger partial charge in [-0.1, -0.05) is 25.9 Å². The Labute approximate surface area is 150 Å². The fourth-order valence-electron chi connectivity index (χ4n) is 4.14. The second-order valence-corrected chi connectivity index (χ2v) is 8.89. The van der Waals surface area contributed by atoms with Gasteiger partial charge in [-0.2, -0.15) is 4.98 Å². The van der Waals surface area contributed by atoms with Crippen LogP contribution in [-0.2, 0) is 11.2 Å². The smallest absolute Gasteiger partial charge is 0.239 e. The molecule has 0 aromatic carbocycles. The molecule has 0 spiro atoms. The molecule has 6 heteroatoms. The Morgan fingerprint density at radius 2 is 1.88 bits per heavy atom. The number of aryl methyl sites for hydroxylation is 1. The van der Waals surface area contributed by atoms with Gasteiger partial charge in [-0.05, 0) is 50.1 Å². The third-order valence-corrected chi connectivity index (χ3v) is 5.30. The van der Waals surface area contributed by atoms with E-state index in [0.717, 1.165) is 64.1 Å². The van der Waals surface area contributed by atoms with Gasteiger partial charge in [0.1, 0.15) is 0 Å². The van der Waals surface area contributed by atoms with Gasteiger partial charge in [0.15, 0.2) is 5.82 Å². The van der Waals surface area contributed by atoms with Crippen molar-refractivity contribution in [2.24, 2.45) is 11.3 Å². The standard InChI is InChI=1S/C19H32N4O2/c1-14-20-17(21-25-14)12-15-7-10-22(11-8-15)16-6-5-9-23(18(16)24)13-19(2,3)4/h15-16H,5-13H2,1-4H3. The third kappa shape index (κ3) is 4.81. The lowest BCUT2D eigenvalue weighted by Crippen LogP contribution is -2.55. The van der Waals surface area contributed by atoms with E-state index in [1.807, 2.05) is 6.92 Å². The third-order valence-electron chi connectivity index (χ3n) is 5.30. The number of likely N-dealkylation sites (tertiary alicyclic amines) is 2. The summed E-state index contributed by atoms with van der Waals surface area (Å²) >= 11 is 0. The molecule has 3 heterocycles. The molecule has 25 heavy (non-hydrogen) atoms. The van der Waals surface area contributed by atoms with Crippen molar-refractivity contribution in [3.8, 4) is 0 Å². The van der Waals surface area contributed by atoms with Crippen LogP contribution < -0.4 is 0 Å². The molecule has 2 aliphatic heterocycles. The van der Waals surface area contributed by atoms with Gasteiger partial charge < -0.3 is 9.42 Å². The number of nitrogens with zero attached hydrogens (tertiary/aromatic N) is 4. The van der Waals surface area contributed by atoms with Crippen LogP contribution in [0.4, 0.5) is 0 Å². The van der Waals surface area contributed by atoms with Crippen LogP contribution in [0.15, 0.2) is 4.52 Å². The van der Waals surface area contributed by atoms with Crippen molar-refractivity contribution < 1.29 is 9.32 Å². The molecule has 1 amide bonds. The summed E-state index contributed by atoms with van der Waals surface area (Å²) in [6.45, 7) is 12.2. The van der Waals surface area contributed by atoms with E-state index in [9.17, 15) is 4.79 Å². The van der Waals surface area contributed by atoms with Crippen molar-refractivity contribution in [3.63, 3.8) is 0 Å². The Hall–Kier alpha value is -1.43. The highest BCUT2D eigenvalue weighted by atomic mass is 16.5. The minimum Gasteiger partial charge on any atom is -0.341 e. The zero-order chi connectivity index (χ0) is 18.0. The van der Waals surface area contributed by atoms with E-state index in [4.69, 9.17) is 4.52 Å². The van der Waals surface area contributed by atoms with E-state index in [2.05, 4.69) is 40.7 Å². The number of hydrogen-bond donors (Lipinski definition) is 0. The zero-order valence-electron chi connectivity index (χ0n) is 16.1. The van der Waals surface area contributed by atoms with Crippen molar-refractivity contribution >= 4 is 5.91 Å². The normalized spacial score (nSPS) is 24.1. The number of rotatable bonds is 4. The Morgan fingerprint density at radius 3 is 2.48 bits per heavy atom. The molecule has 6 nitrogen and oxygen atoms in total. The summed E-state index contributed by atoms with van der Waals surface area (Å²) in [6.07, 6.45) is 5.23. The van der Waals surface area contributed by atoms with E-state index < -0.39 is 0 Å². The van der Waals surface area contributed by atoms with Crippen molar-refractivity contribution in [2.75, 3.05) is 26.2 Å². The number of carbonyl (C=O) groups excluding carboxylic acids is 1. The summed E-state index contributed by atoms with van der Waals surface area (Å²) < 4.78 is 5.07. The molecule has 2 saturated heterocycles. The molecule has 1 aromatic rings. The van der Waals surface area contributed by atoms with Gasteiger partial charge >= 0.3 is 0 Å². The van der Waals surface area contributed by atoms with Crippen molar-refractivity contribution in [3.05, 3.63) is 11.7 Å². The highest BCUT2D eigenvalue weighted by Gasteiger charge is 2.36. The van der Waals surface area contributed by atoms with Crippen LogP contribution >= 0.6 is 0 Å². The Morgan fingerprint density at radius 1 is 1.16 bits per heavy atom. The predicted octanol–water partition coefficient (Wildman–Crippen LogP) is 2.67. The van der Waals surface area contributed by atoms with Gasteiger partial charge in [-0.15, -0.1) is 0 Å². The first kappa shape index (κ1) is 18.4. The summed E-state index contributed by atoms with van der Waals surface area (Å²) in [5, 5.41) is 4.01. The van der Waals surface area contributed by atoms with E-state index in [-0.39, 0.29) is 11.5 Å². The summed E-state index contributed by atoms with van der Waals surface area (Å²) in [7, 11) is 0. The van der Waals surface area contributed by atoms with Crippen LogP contribution in [0.3, 0.4) is 0 Å².